The van der Waals surface area contributed by atoms with Gasteiger partial charge in [0, 0.05) is 0 Å². The van der Waals surface area contributed by atoms with Crippen LogP contribution in [0.1, 0.15) is 0 Å². The average molecular weight is 371 g/mol. The Bertz CT molecular complexity index is 992. The Morgan fingerprint density at radius 1 is 1.15 bits per heavy atom. The van der Waals surface area contributed by atoms with Crippen molar-refractivity contribution in [2.45, 2.75) is 5.16 Å². The van der Waals surface area contributed by atoms with Crippen molar-refractivity contribution in [1.82, 2.24) is 9.97 Å². The Morgan fingerprint density at radius 3 is 2.54 bits per heavy atom. The molecule has 0 atom stereocenters. The average Bonchev–Trinajstić information content (AvgIpc) is 2.62. The van der Waals surface area contributed by atoms with Gasteiger partial charge in [0.15, 0.2) is 5.16 Å². The standard InChI is InChI=1S/C18H14FN3O3S/c19-12-8-4-5-9-13(12)20-14(23)10-26-18-21-16(24)15(17(25)22-18)11-6-2-1-3-7-11/h1-9H,10H2,(H,20,23)(H2,21,22,24,25). The zero-order valence-electron chi connectivity index (χ0n) is 13.4. The summed E-state index contributed by atoms with van der Waals surface area (Å²) in [6.45, 7) is 0. The third kappa shape index (κ3) is 4.09. The molecule has 1 heterocycles. The molecule has 0 radical (unpaired) electrons. The van der Waals surface area contributed by atoms with Gasteiger partial charge in [0.1, 0.15) is 11.4 Å². The molecule has 0 saturated heterocycles. The lowest BCUT2D eigenvalue weighted by atomic mass is 10.1. The number of thioether (sulfide) groups is 1. The lowest BCUT2D eigenvalue weighted by molar-refractivity contribution is -0.113. The van der Waals surface area contributed by atoms with Gasteiger partial charge in [0.05, 0.1) is 11.4 Å². The molecule has 26 heavy (non-hydrogen) atoms. The lowest BCUT2D eigenvalue weighted by Crippen LogP contribution is -2.16. The third-order valence-corrected chi connectivity index (χ3v) is 4.30. The SMILES string of the molecule is O=C(CSc1nc(O)c(-c2ccccc2)c(=O)[nH]1)Nc1ccccc1F. The van der Waals surface area contributed by atoms with Crippen LogP contribution in [-0.4, -0.2) is 26.7 Å². The molecule has 1 aromatic heterocycles. The summed E-state index contributed by atoms with van der Waals surface area (Å²) in [6, 6.07) is 14.4. The lowest BCUT2D eigenvalue weighted by Gasteiger charge is -2.07. The van der Waals surface area contributed by atoms with Gasteiger partial charge in [0.2, 0.25) is 11.8 Å². The fourth-order valence-corrected chi connectivity index (χ4v) is 2.91. The fourth-order valence-electron chi connectivity index (χ4n) is 2.26. The molecular weight excluding hydrogens is 357 g/mol. The van der Waals surface area contributed by atoms with E-state index in [1.165, 1.54) is 18.2 Å². The number of aromatic nitrogens is 2. The van der Waals surface area contributed by atoms with Crippen LogP contribution in [0.25, 0.3) is 11.1 Å². The molecule has 0 saturated carbocycles. The van der Waals surface area contributed by atoms with E-state index in [1.807, 2.05) is 0 Å². The number of aromatic hydroxyl groups is 1. The number of hydrogen-bond donors (Lipinski definition) is 3. The van der Waals surface area contributed by atoms with Crippen molar-refractivity contribution in [3.8, 4) is 17.0 Å². The first kappa shape index (κ1) is 17.7. The zero-order valence-corrected chi connectivity index (χ0v) is 14.2. The smallest absolute Gasteiger partial charge is 0.263 e. The van der Waals surface area contributed by atoms with Crippen LogP contribution in [0.2, 0.25) is 0 Å². The van der Waals surface area contributed by atoms with Crippen LogP contribution in [0, 0.1) is 5.82 Å². The number of halogens is 1. The zero-order chi connectivity index (χ0) is 18.5. The number of rotatable bonds is 5. The molecule has 3 rings (SSSR count). The highest BCUT2D eigenvalue weighted by Gasteiger charge is 2.14. The normalized spacial score (nSPS) is 10.5. The van der Waals surface area contributed by atoms with Crippen LogP contribution in [0.4, 0.5) is 10.1 Å². The molecular formula is C18H14FN3O3S. The molecule has 0 fully saturated rings. The summed E-state index contributed by atoms with van der Waals surface area (Å²) >= 11 is 0.925. The Hall–Kier alpha value is -3.13. The summed E-state index contributed by atoms with van der Waals surface area (Å²) in [7, 11) is 0. The van der Waals surface area contributed by atoms with Gasteiger partial charge in [-0.25, -0.2) is 4.39 Å². The van der Waals surface area contributed by atoms with Crippen molar-refractivity contribution < 1.29 is 14.3 Å². The summed E-state index contributed by atoms with van der Waals surface area (Å²) in [4.78, 5) is 30.6. The predicted octanol–water partition coefficient (Wildman–Crippen LogP) is 3.01. The highest BCUT2D eigenvalue weighted by Crippen LogP contribution is 2.25. The maximum absolute atomic E-state index is 13.5. The number of hydrogen-bond acceptors (Lipinski definition) is 5. The second kappa shape index (κ2) is 7.83. The minimum absolute atomic E-state index is 0.0609. The molecule has 8 heteroatoms. The van der Waals surface area contributed by atoms with Crippen LogP contribution in [0.15, 0.2) is 64.5 Å². The Kier molecular flexibility index (Phi) is 5.33. The summed E-state index contributed by atoms with van der Waals surface area (Å²) in [5.74, 6) is -1.53. The van der Waals surface area contributed by atoms with E-state index >= 15 is 0 Å². The highest BCUT2D eigenvalue weighted by molar-refractivity contribution is 7.99. The van der Waals surface area contributed by atoms with E-state index in [0.29, 0.717) is 5.56 Å². The highest BCUT2D eigenvalue weighted by atomic mass is 32.2. The van der Waals surface area contributed by atoms with Crippen LogP contribution in [0.5, 0.6) is 5.88 Å². The molecule has 0 aliphatic heterocycles. The first-order chi connectivity index (χ1) is 12.5. The second-order valence-corrected chi connectivity index (χ2v) is 6.22. The van der Waals surface area contributed by atoms with E-state index in [9.17, 15) is 19.1 Å². The van der Waals surface area contributed by atoms with Gasteiger partial charge in [-0.05, 0) is 17.7 Å². The molecule has 2 aromatic carbocycles. The molecule has 0 unspecified atom stereocenters. The number of carbonyl (C=O) groups is 1. The number of para-hydroxylation sites is 1. The number of aromatic amines is 1. The van der Waals surface area contributed by atoms with Gasteiger partial charge < -0.3 is 15.4 Å². The third-order valence-electron chi connectivity index (χ3n) is 3.43. The van der Waals surface area contributed by atoms with Gasteiger partial charge >= 0.3 is 0 Å². The number of anilines is 1. The number of benzene rings is 2. The molecule has 6 nitrogen and oxygen atoms in total. The minimum Gasteiger partial charge on any atom is -0.493 e. The van der Waals surface area contributed by atoms with E-state index in [-0.39, 0.29) is 22.2 Å². The largest absolute Gasteiger partial charge is 0.493 e. The molecule has 1 amide bonds. The van der Waals surface area contributed by atoms with Gasteiger partial charge in [-0.2, -0.15) is 4.98 Å². The molecule has 3 N–H and O–H groups in total. The Morgan fingerprint density at radius 2 is 1.85 bits per heavy atom. The van der Waals surface area contributed by atoms with E-state index < -0.39 is 23.2 Å². The van der Waals surface area contributed by atoms with Crippen LogP contribution < -0.4 is 10.9 Å². The second-order valence-electron chi connectivity index (χ2n) is 5.25. The molecule has 3 aromatic rings. The van der Waals surface area contributed by atoms with E-state index in [2.05, 4.69) is 15.3 Å². The van der Waals surface area contributed by atoms with Gasteiger partial charge in [-0.3, -0.25) is 9.59 Å². The maximum Gasteiger partial charge on any atom is 0.263 e. The van der Waals surface area contributed by atoms with Gasteiger partial charge in [0.25, 0.3) is 5.56 Å². The van der Waals surface area contributed by atoms with Gasteiger partial charge in [-0.15, -0.1) is 0 Å². The first-order valence-corrected chi connectivity index (χ1v) is 8.59. The number of nitrogens with zero attached hydrogens (tertiary/aromatic N) is 1. The van der Waals surface area contributed by atoms with Crippen molar-refractivity contribution >= 4 is 23.4 Å². The summed E-state index contributed by atoms with van der Waals surface area (Å²) < 4.78 is 13.5. The molecule has 0 aliphatic rings. The Labute approximate surface area is 152 Å². The number of nitrogens with one attached hydrogen (secondary N) is 2. The predicted molar refractivity (Wildman–Crippen MR) is 97.7 cm³/mol. The van der Waals surface area contributed by atoms with Crippen molar-refractivity contribution in [2.24, 2.45) is 0 Å². The van der Waals surface area contributed by atoms with Crippen LogP contribution in [0.3, 0.4) is 0 Å². The van der Waals surface area contributed by atoms with E-state index in [1.54, 1.807) is 36.4 Å². The molecule has 0 spiro atoms. The molecule has 0 bridgehead atoms. The molecule has 132 valence electrons. The quantitative estimate of drug-likeness (QED) is 0.473. The summed E-state index contributed by atoms with van der Waals surface area (Å²) in [5.41, 5.74) is 0.154. The van der Waals surface area contributed by atoms with Gasteiger partial charge in [-0.1, -0.05) is 54.2 Å². The monoisotopic (exact) mass is 371 g/mol. The number of carbonyl (C=O) groups excluding carboxylic acids is 1. The van der Waals surface area contributed by atoms with Crippen molar-refractivity contribution in [3.63, 3.8) is 0 Å². The summed E-state index contributed by atoms with van der Waals surface area (Å²) in [6.07, 6.45) is 0. The van der Waals surface area contributed by atoms with E-state index in [4.69, 9.17) is 0 Å². The van der Waals surface area contributed by atoms with Crippen LogP contribution in [-0.2, 0) is 4.79 Å². The number of H-pyrrole nitrogens is 1. The van der Waals surface area contributed by atoms with Crippen molar-refractivity contribution in [1.29, 1.82) is 0 Å². The van der Waals surface area contributed by atoms with Crippen molar-refractivity contribution in [3.05, 3.63) is 70.8 Å². The topological polar surface area (TPSA) is 95.1 Å². The minimum atomic E-state index is -0.540. The van der Waals surface area contributed by atoms with E-state index in [0.717, 1.165) is 11.8 Å². The first-order valence-electron chi connectivity index (χ1n) is 7.60. The fraction of sp³-hybridized carbons (Fsp3) is 0.0556. The van der Waals surface area contributed by atoms with Crippen LogP contribution >= 0.6 is 11.8 Å². The van der Waals surface area contributed by atoms with Crippen molar-refractivity contribution in [2.75, 3.05) is 11.1 Å². The maximum atomic E-state index is 13.5. The molecule has 0 aliphatic carbocycles. The number of amides is 1. The Balaban J connectivity index is 1.70. The summed E-state index contributed by atoms with van der Waals surface area (Å²) in [5, 5.41) is 12.6.